The first-order valence-corrected chi connectivity index (χ1v) is 9.88. The zero-order valence-electron chi connectivity index (χ0n) is 16.3. The molecule has 2 fully saturated rings. The van der Waals surface area contributed by atoms with Crippen molar-refractivity contribution >= 4 is 23.1 Å². The smallest absolute Gasteiger partial charge is 0.238 e. The maximum atomic E-state index is 13.3. The SMILES string of the molecule is CC(=C1[C@H]2C=C[C@H]1[C@@H]1C(=O)N(c3ccc(C)c(C)c3)C(=O)[C@H]12)c1ccccc1. The molecule has 3 nitrogen and oxygen atoms in total. The van der Waals surface area contributed by atoms with Gasteiger partial charge in [-0.1, -0.05) is 54.1 Å². The van der Waals surface area contributed by atoms with E-state index in [0.29, 0.717) is 5.69 Å². The number of benzene rings is 2. The molecule has 0 aromatic heterocycles. The Morgan fingerprint density at radius 3 is 2.00 bits per heavy atom. The highest BCUT2D eigenvalue weighted by Gasteiger charge is 2.62. The first-order chi connectivity index (χ1) is 13.5. The summed E-state index contributed by atoms with van der Waals surface area (Å²) in [5, 5.41) is 0. The van der Waals surface area contributed by atoms with Crippen LogP contribution in [0.2, 0.25) is 0 Å². The van der Waals surface area contributed by atoms with Crippen LogP contribution in [0.4, 0.5) is 5.69 Å². The molecule has 140 valence electrons. The lowest BCUT2D eigenvalue weighted by atomic mass is 9.85. The molecule has 2 aromatic carbocycles. The van der Waals surface area contributed by atoms with E-state index in [1.54, 1.807) is 0 Å². The zero-order valence-corrected chi connectivity index (χ0v) is 16.3. The van der Waals surface area contributed by atoms with E-state index >= 15 is 0 Å². The summed E-state index contributed by atoms with van der Waals surface area (Å²) in [5.41, 5.74) is 6.58. The molecule has 1 aliphatic heterocycles. The van der Waals surface area contributed by atoms with E-state index in [1.807, 2.05) is 50.2 Å². The fourth-order valence-electron chi connectivity index (χ4n) is 5.24. The molecule has 0 radical (unpaired) electrons. The highest BCUT2D eigenvalue weighted by atomic mass is 16.2. The van der Waals surface area contributed by atoms with Crippen molar-refractivity contribution in [3.63, 3.8) is 0 Å². The summed E-state index contributed by atoms with van der Waals surface area (Å²) < 4.78 is 0. The number of fused-ring (bicyclic) bond motifs is 5. The van der Waals surface area contributed by atoms with Crippen LogP contribution in [0.15, 0.2) is 66.3 Å². The van der Waals surface area contributed by atoms with Gasteiger partial charge in [0, 0.05) is 11.8 Å². The number of carbonyl (C=O) groups excluding carboxylic acids is 2. The fraction of sp³-hybridized carbons (Fsp3) is 0.280. The Labute approximate surface area is 165 Å². The third kappa shape index (κ3) is 2.22. The van der Waals surface area contributed by atoms with Crippen LogP contribution in [0, 0.1) is 37.5 Å². The minimum absolute atomic E-state index is 0.0307. The predicted molar refractivity (Wildman–Crippen MR) is 111 cm³/mol. The minimum Gasteiger partial charge on any atom is -0.274 e. The summed E-state index contributed by atoms with van der Waals surface area (Å²) in [7, 11) is 0. The Kier molecular flexibility index (Phi) is 3.70. The summed E-state index contributed by atoms with van der Waals surface area (Å²) in [6.45, 7) is 6.17. The molecule has 0 N–H and O–H groups in total. The maximum Gasteiger partial charge on any atom is 0.238 e. The van der Waals surface area contributed by atoms with Crippen molar-refractivity contribution in [2.75, 3.05) is 4.90 Å². The van der Waals surface area contributed by atoms with Crippen molar-refractivity contribution in [2.45, 2.75) is 20.8 Å². The molecule has 3 aliphatic rings. The Morgan fingerprint density at radius 2 is 1.43 bits per heavy atom. The molecule has 2 amide bonds. The second-order valence-corrected chi connectivity index (χ2v) is 8.21. The van der Waals surface area contributed by atoms with E-state index in [1.165, 1.54) is 21.6 Å². The lowest BCUT2D eigenvalue weighted by Gasteiger charge is -2.20. The number of nitrogens with zero attached hydrogens (tertiary/aromatic N) is 1. The summed E-state index contributed by atoms with van der Waals surface area (Å²) in [6.07, 6.45) is 4.28. The van der Waals surface area contributed by atoms with Gasteiger partial charge in [0.1, 0.15) is 0 Å². The Morgan fingerprint density at radius 1 is 0.821 bits per heavy atom. The van der Waals surface area contributed by atoms with E-state index in [0.717, 1.165) is 11.1 Å². The molecule has 28 heavy (non-hydrogen) atoms. The minimum atomic E-state index is -0.266. The van der Waals surface area contributed by atoms with Gasteiger partial charge in [-0.05, 0) is 55.2 Å². The summed E-state index contributed by atoms with van der Waals surface area (Å²) in [5.74, 6) is -0.566. The van der Waals surface area contributed by atoms with Gasteiger partial charge in [-0.3, -0.25) is 9.59 Å². The Hall–Kier alpha value is -2.94. The summed E-state index contributed by atoms with van der Waals surface area (Å²) in [6, 6.07) is 16.1. The van der Waals surface area contributed by atoms with E-state index in [9.17, 15) is 9.59 Å². The summed E-state index contributed by atoms with van der Waals surface area (Å²) >= 11 is 0. The van der Waals surface area contributed by atoms with Crippen LogP contribution in [0.25, 0.3) is 5.57 Å². The number of hydrogen-bond donors (Lipinski definition) is 0. The Balaban J connectivity index is 1.55. The first-order valence-electron chi connectivity index (χ1n) is 9.88. The third-order valence-corrected chi connectivity index (χ3v) is 6.80. The van der Waals surface area contributed by atoms with Crippen LogP contribution >= 0.6 is 0 Å². The molecule has 0 unspecified atom stereocenters. The molecule has 1 saturated heterocycles. The standard InChI is InChI=1S/C25H23NO2/c1-14-9-10-18(13-15(14)2)26-24(27)22-19-11-12-20(23(22)25(26)28)21(19)16(3)17-7-5-4-6-8-17/h4-13,19-20,22-23H,1-3H3/t19-,20-,22+,23+/m1/s1. The van der Waals surface area contributed by atoms with Crippen LogP contribution in [-0.4, -0.2) is 11.8 Å². The molecule has 0 spiro atoms. The van der Waals surface area contributed by atoms with Crippen LogP contribution in [0.5, 0.6) is 0 Å². The summed E-state index contributed by atoms with van der Waals surface area (Å²) in [4.78, 5) is 28.1. The van der Waals surface area contributed by atoms with Gasteiger partial charge in [-0.25, -0.2) is 4.90 Å². The molecule has 4 atom stereocenters. The number of anilines is 1. The quantitative estimate of drug-likeness (QED) is 0.568. The van der Waals surface area contributed by atoms with Crippen LogP contribution < -0.4 is 4.90 Å². The number of hydrogen-bond acceptors (Lipinski definition) is 2. The molecular weight excluding hydrogens is 346 g/mol. The van der Waals surface area contributed by atoms with Crippen molar-refractivity contribution in [1.82, 2.24) is 0 Å². The topological polar surface area (TPSA) is 37.4 Å². The molecule has 3 heteroatoms. The van der Waals surface area contributed by atoms with Gasteiger partial charge in [0.2, 0.25) is 11.8 Å². The average Bonchev–Trinajstić information content (AvgIpc) is 3.34. The molecule has 1 saturated carbocycles. The van der Waals surface area contributed by atoms with Gasteiger partial charge >= 0.3 is 0 Å². The lowest BCUT2D eigenvalue weighted by Crippen LogP contribution is -2.33. The normalized spacial score (nSPS) is 27.7. The van der Waals surface area contributed by atoms with Gasteiger partial charge in [0.15, 0.2) is 0 Å². The fourth-order valence-corrected chi connectivity index (χ4v) is 5.24. The van der Waals surface area contributed by atoms with Crippen LogP contribution in [0.3, 0.4) is 0 Å². The largest absolute Gasteiger partial charge is 0.274 e. The average molecular weight is 369 g/mol. The number of imide groups is 1. The van der Waals surface area contributed by atoms with Gasteiger partial charge in [0.05, 0.1) is 17.5 Å². The highest BCUT2D eigenvalue weighted by molar-refractivity contribution is 6.23. The van der Waals surface area contributed by atoms with E-state index in [2.05, 4.69) is 31.2 Å². The van der Waals surface area contributed by atoms with Crippen molar-refractivity contribution in [3.8, 4) is 0 Å². The van der Waals surface area contributed by atoms with Crippen LogP contribution in [-0.2, 0) is 9.59 Å². The van der Waals surface area contributed by atoms with Gasteiger partial charge in [-0.15, -0.1) is 0 Å². The maximum absolute atomic E-state index is 13.3. The van der Waals surface area contributed by atoms with Crippen molar-refractivity contribution in [1.29, 1.82) is 0 Å². The van der Waals surface area contributed by atoms with Gasteiger partial charge < -0.3 is 0 Å². The van der Waals surface area contributed by atoms with Gasteiger partial charge in [0.25, 0.3) is 0 Å². The van der Waals surface area contributed by atoms with E-state index in [4.69, 9.17) is 0 Å². The van der Waals surface area contributed by atoms with Crippen molar-refractivity contribution in [2.24, 2.45) is 23.7 Å². The molecule has 2 bridgehead atoms. The zero-order chi connectivity index (χ0) is 19.6. The highest BCUT2D eigenvalue weighted by Crippen LogP contribution is 2.58. The third-order valence-electron chi connectivity index (χ3n) is 6.80. The number of rotatable bonds is 2. The van der Waals surface area contributed by atoms with E-state index < -0.39 is 0 Å². The van der Waals surface area contributed by atoms with E-state index in [-0.39, 0.29) is 35.5 Å². The molecule has 2 aliphatic carbocycles. The Bertz CT molecular complexity index is 1030. The van der Waals surface area contributed by atoms with Crippen molar-refractivity contribution in [3.05, 3.63) is 82.9 Å². The lowest BCUT2D eigenvalue weighted by molar-refractivity contribution is -0.122. The second kappa shape index (κ2) is 6.03. The molecule has 1 heterocycles. The molecular formula is C25H23NO2. The predicted octanol–water partition coefficient (Wildman–Crippen LogP) is 4.70. The monoisotopic (exact) mass is 369 g/mol. The first kappa shape index (κ1) is 17.2. The number of amides is 2. The molecule has 2 aromatic rings. The number of aryl methyl sites for hydroxylation is 2. The van der Waals surface area contributed by atoms with Crippen molar-refractivity contribution < 1.29 is 9.59 Å². The number of allylic oxidation sites excluding steroid dienone is 4. The molecule has 5 rings (SSSR count). The van der Waals surface area contributed by atoms with Gasteiger partial charge in [-0.2, -0.15) is 0 Å². The van der Waals surface area contributed by atoms with Crippen LogP contribution in [0.1, 0.15) is 23.6 Å². The second-order valence-electron chi connectivity index (χ2n) is 8.21. The number of carbonyl (C=O) groups is 2.